The molecule has 11 nitrogen and oxygen atoms in total. The minimum atomic E-state index is -4.75. The molecule has 2 aromatic rings. The number of ether oxygens (including phenoxy) is 1. The molecule has 3 amide bonds. The van der Waals surface area contributed by atoms with Gasteiger partial charge < -0.3 is 24.8 Å². The van der Waals surface area contributed by atoms with Crippen LogP contribution in [0.15, 0.2) is 29.3 Å². The molecule has 1 aromatic heterocycles. The minimum Gasteiger partial charge on any atom is -0.489 e. The molecule has 16 heteroatoms. The third-order valence-corrected chi connectivity index (χ3v) is 8.02. The molecule has 0 radical (unpaired) electrons. The Morgan fingerprint density at radius 1 is 1.21 bits per heavy atom. The second kappa shape index (κ2) is 10.1. The Morgan fingerprint density at radius 3 is 2.54 bits per heavy atom. The fourth-order valence-corrected chi connectivity index (χ4v) is 5.85. The molecular weight excluding hydrogens is 550 g/mol. The molecule has 212 valence electrons. The van der Waals surface area contributed by atoms with E-state index in [1.54, 1.807) is 5.32 Å². The maximum Gasteiger partial charge on any atom is 0.408 e. The number of rotatable bonds is 3. The zero-order valence-electron chi connectivity index (χ0n) is 20.9. The molecule has 0 saturated carbocycles. The number of likely N-dealkylation sites (tertiary alicyclic amines) is 1. The lowest BCUT2D eigenvalue weighted by Crippen LogP contribution is -2.50. The van der Waals surface area contributed by atoms with Crippen LogP contribution in [0.2, 0.25) is 0 Å². The molecule has 4 rings (SSSR count). The minimum absolute atomic E-state index is 0.137. The number of benzene rings is 1. The van der Waals surface area contributed by atoms with Crippen molar-refractivity contribution in [1.82, 2.24) is 19.5 Å². The lowest BCUT2D eigenvalue weighted by Gasteiger charge is -2.23. The largest absolute Gasteiger partial charge is 0.489 e. The average Bonchev–Trinajstić information content (AvgIpc) is 3.38. The summed E-state index contributed by atoms with van der Waals surface area (Å²) in [4.78, 5) is 38.3. The molecule has 0 spiro atoms. The van der Waals surface area contributed by atoms with Crippen LogP contribution in [0.3, 0.4) is 0 Å². The van der Waals surface area contributed by atoms with Gasteiger partial charge in [-0.25, -0.2) is 17.5 Å². The summed E-state index contributed by atoms with van der Waals surface area (Å²) in [7, 11) is -2.86. The number of aromatic nitrogens is 1. The molecular formula is C23H25F4N5O6S. The zero-order chi connectivity index (χ0) is 28.9. The van der Waals surface area contributed by atoms with Gasteiger partial charge in [-0.2, -0.15) is 13.2 Å². The number of hydrogen-bond acceptors (Lipinski definition) is 6. The third-order valence-electron chi connectivity index (χ3n) is 6.53. The normalized spacial score (nSPS) is 21.1. The number of carbonyl (C=O) groups excluding carboxylic acids is 3. The molecule has 3 atom stereocenters. The van der Waals surface area contributed by atoms with Crippen LogP contribution in [0.1, 0.15) is 23.0 Å². The Balaban J connectivity index is 1.54. The Labute approximate surface area is 220 Å². The van der Waals surface area contributed by atoms with E-state index >= 15 is 0 Å². The summed E-state index contributed by atoms with van der Waals surface area (Å²) >= 11 is 0. The van der Waals surface area contributed by atoms with Crippen LogP contribution in [0.4, 0.5) is 23.2 Å². The molecule has 0 aliphatic carbocycles. The van der Waals surface area contributed by atoms with E-state index in [9.17, 15) is 40.4 Å². The van der Waals surface area contributed by atoms with Crippen molar-refractivity contribution < 1.29 is 45.1 Å². The molecule has 1 fully saturated rings. The topological polar surface area (TPSA) is 139 Å². The summed E-state index contributed by atoms with van der Waals surface area (Å²) in [5.74, 6) is -4.84. The van der Waals surface area contributed by atoms with Gasteiger partial charge in [-0.15, -0.1) is 0 Å². The van der Waals surface area contributed by atoms with Crippen molar-refractivity contribution in [1.29, 1.82) is 0 Å². The van der Waals surface area contributed by atoms with E-state index in [0.717, 1.165) is 4.90 Å². The standard InChI is InChI=1S/C23H25F4N5O6S/c1-11-6-14(4-5-15(11)24)29-20(33)18-19-17(9-31(18)3)39(36,37)30-16-8-32(7-13(16)10-38-19)22(35)21(34)28-12(2)23(25,26)27/h4-6,9,12-13,16,30H,7-8,10H2,1-3H3,(H,28,34)(H,29,33)/t12-,13-,16-/m0/s1. The van der Waals surface area contributed by atoms with Gasteiger partial charge in [0.25, 0.3) is 5.91 Å². The van der Waals surface area contributed by atoms with Crippen molar-refractivity contribution in [3.63, 3.8) is 0 Å². The number of amides is 3. The number of hydrogen-bond donors (Lipinski definition) is 3. The van der Waals surface area contributed by atoms with Gasteiger partial charge >= 0.3 is 18.0 Å². The molecule has 0 unspecified atom stereocenters. The lowest BCUT2D eigenvalue weighted by molar-refractivity contribution is -0.162. The quantitative estimate of drug-likeness (QED) is 0.373. The third kappa shape index (κ3) is 5.71. The number of anilines is 1. The Bertz CT molecular complexity index is 1440. The van der Waals surface area contributed by atoms with Crippen LogP contribution in [-0.4, -0.2) is 73.6 Å². The maximum atomic E-state index is 13.6. The van der Waals surface area contributed by atoms with Gasteiger partial charge in [-0.3, -0.25) is 14.4 Å². The summed E-state index contributed by atoms with van der Waals surface area (Å²) in [5.41, 5.74) is 0.414. The summed E-state index contributed by atoms with van der Waals surface area (Å²) in [6, 6.07) is 0.750. The van der Waals surface area contributed by atoms with Crippen molar-refractivity contribution in [2.75, 3.05) is 25.0 Å². The van der Waals surface area contributed by atoms with E-state index in [-0.39, 0.29) is 47.3 Å². The van der Waals surface area contributed by atoms with Crippen LogP contribution in [0, 0.1) is 18.7 Å². The first-order valence-corrected chi connectivity index (χ1v) is 13.1. The van der Waals surface area contributed by atoms with E-state index in [1.807, 2.05) is 0 Å². The average molecular weight is 576 g/mol. The first kappa shape index (κ1) is 28.4. The van der Waals surface area contributed by atoms with Gasteiger partial charge in [0, 0.05) is 44.0 Å². The van der Waals surface area contributed by atoms with Gasteiger partial charge in [0.1, 0.15) is 16.8 Å². The molecule has 39 heavy (non-hydrogen) atoms. The van der Waals surface area contributed by atoms with Gasteiger partial charge in [-0.05, 0) is 37.6 Å². The molecule has 0 bridgehead atoms. The second-order valence-corrected chi connectivity index (χ2v) is 11.1. The van der Waals surface area contributed by atoms with Crippen molar-refractivity contribution in [2.24, 2.45) is 13.0 Å². The van der Waals surface area contributed by atoms with Crippen LogP contribution < -0.4 is 20.1 Å². The summed E-state index contributed by atoms with van der Waals surface area (Å²) < 4.78 is 87.8. The highest BCUT2D eigenvalue weighted by atomic mass is 32.2. The van der Waals surface area contributed by atoms with Gasteiger partial charge in [0.05, 0.1) is 6.61 Å². The monoisotopic (exact) mass is 575 g/mol. The Hall–Kier alpha value is -3.66. The number of sulfonamides is 1. The highest BCUT2D eigenvalue weighted by Gasteiger charge is 2.44. The summed E-state index contributed by atoms with van der Waals surface area (Å²) in [5, 5.41) is 4.16. The van der Waals surface area contributed by atoms with Crippen molar-refractivity contribution in [3.05, 3.63) is 41.5 Å². The number of alkyl halides is 3. The number of halogens is 4. The fraction of sp³-hybridized carbons (Fsp3) is 0.435. The van der Waals surface area contributed by atoms with E-state index in [1.165, 1.54) is 42.9 Å². The predicted octanol–water partition coefficient (Wildman–Crippen LogP) is 1.29. The number of nitrogens with one attached hydrogen (secondary N) is 3. The smallest absolute Gasteiger partial charge is 0.408 e. The Kier molecular flexibility index (Phi) is 7.37. The first-order valence-electron chi connectivity index (χ1n) is 11.7. The molecule has 2 aliphatic heterocycles. The van der Waals surface area contributed by atoms with Gasteiger partial charge in [-0.1, -0.05) is 0 Å². The van der Waals surface area contributed by atoms with E-state index in [2.05, 4.69) is 10.0 Å². The van der Waals surface area contributed by atoms with Crippen LogP contribution in [0.25, 0.3) is 0 Å². The van der Waals surface area contributed by atoms with Crippen LogP contribution >= 0.6 is 0 Å². The molecule has 1 saturated heterocycles. The highest BCUT2D eigenvalue weighted by molar-refractivity contribution is 7.89. The SMILES string of the molecule is Cc1cc(NC(=O)c2c3c(cn2C)S(=O)(=O)N[C@H]2CN(C(=O)C(=O)N[C@@H](C)C(F)(F)F)C[C@H]2CO3)ccc1F. The van der Waals surface area contributed by atoms with Crippen molar-refractivity contribution >= 4 is 33.4 Å². The molecule has 1 aromatic carbocycles. The Morgan fingerprint density at radius 2 is 1.90 bits per heavy atom. The van der Waals surface area contributed by atoms with E-state index in [4.69, 9.17) is 4.74 Å². The first-order chi connectivity index (χ1) is 18.1. The lowest BCUT2D eigenvalue weighted by atomic mass is 10.1. The number of aryl methyl sites for hydroxylation is 2. The second-order valence-electron chi connectivity index (χ2n) is 9.45. The van der Waals surface area contributed by atoms with Gasteiger partial charge in [0.15, 0.2) is 11.4 Å². The highest BCUT2D eigenvalue weighted by Crippen LogP contribution is 2.35. The van der Waals surface area contributed by atoms with Crippen LogP contribution in [-0.2, 0) is 26.7 Å². The predicted molar refractivity (Wildman–Crippen MR) is 128 cm³/mol. The van der Waals surface area contributed by atoms with Crippen molar-refractivity contribution in [3.8, 4) is 5.75 Å². The zero-order valence-corrected chi connectivity index (χ0v) is 21.7. The van der Waals surface area contributed by atoms with E-state index in [0.29, 0.717) is 6.92 Å². The molecule has 3 heterocycles. The van der Waals surface area contributed by atoms with Crippen molar-refractivity contribution in [2.45, 2.75) is 37.0 Å². The fourth-order valence-electron chi connectivity index (χ4n) is 4.36. The number of fused-ring (bicyclic) bond motifs is 2. The summed E-state index contributed by atoms with van der Waals surface area (Å²) in [6.45, 7) is 1.56. The molecule has 2 aliphatic rings. The molecule has 3 N–H and O–H groups in total. The van der Waals surface area contributed by atoms with Crippen LogP contribution in [0.5, 0.6) is 5.75 Å². The number of carbonyl (C=O) groups is 3. The van der Waals surface area contributed by atoms with Gasteiger partial charge in [0.2, 0.25) is 10.0 Å². The number of nitrogens with zero attached hydrogens (tertiary/aromatic N) is 2. The summed E-state index contributed by atoms with van der Waals surface area (Å²) in [6.07, 6.45) is -3.58. The maximum absolute atomic E-state index is 13.6. The van der Waals surface area contributed by atoms with E-state index < -0.39 is 57.7 Å².